The molecule has 0 radical (unpaired) electrons. The Morgan fingerprint density at radius 1 is 0.864 bits per heavy atom. The van der Waals surface area contributed by atoms with Gasteiger partial charge in [-0.15, -0.1) is 0 Å². The molecule has 0 saturated carbocycles. The lowest BCUT2D eigenvalue weighted by Crippen LogP contribution is -2.00. The molecular weight excluding hydrogens is 276 g/mol. The lowest BCUT2D eigenvalue weighted by atomic mass is 10.1. The molecule has 0 aliphatic carbocycles. The number of imidazole rings is 1. The Morgan fingerprint density at radius 2 is 1.41 bits per heavy atom. The second-order valence-corrected chi connectivity index (χ2v) is 4.57. The minimum absolute atomic E-state index is 0.0538. The van der Waals surface area contributed by atoms with Crippen molar-refractivity contribution >= 4 is 11.6 Å². The van der Waals surface area contributed by atoms with E-state index >= 15 is 0 Å². The normalized spacial score (nSPS) is 9.50. The molecule has 4 nitrogen and oxygen atoms in total. The van der Waals surface area contributed by atoms with Crippen LogP contribution in [0, 0.1) is 0 Å². The zero-order valence-corrected chi connectivity index (χ0v) is 12.2. The zero-order valence-electron chi connectivity index (χ0n) is 12.2. The van der Waals surface area contributed by atoms with Crippen LogP contribution in [0.15, 0.2) is 73.2 Å². The molecule has 110 valence electrons. The SMILES string of the molecule is CC(=O)c1ccccc1.O=C(c1ccccc1)c1c[nH]cn1. The molecule has 0 atom stereocenters. The van der Waals surface area contributed by atoms with Crippen LogP contribution in [-0.4, -0.2) is 21.5 Å². The predicted molar refractivity (Wildman–Crippen MR) is 84.9 cm³/mol. The molecule has 0 saturated heterocycles. The summed E-state index contributed by atoms with van der Waals surface area (Å²) in [5.74, 6) is 0.0671. The van der Waals surface area contributed by atoms with Crippen molar-refractivity contribution < 1.29 is 9.59 Å². The van der Waals surface area contributed by atoms with Gasteiger partial charge in [-0.25, -0.2) is 4.98 Å². The minimum atomic E-state index is -0.0538. The van der Waals surface area contributed by atoms with Crippen LogP contribution >= 0.6 is 0 Å². The Kier molecular flexibility index (Phi) is 5.37. The van der Waals surface area contributed by atoms with Gasteiger partial charge in [-0.1, -0.05) is 60.7 Å². The van der Waals surface area contributed by atoms with Crippen molar-refractivity contribution in [3.8, 4) is 0 Å². The van der Waals surface area contributed by atoms with Gasteiger partial charge in [-0.3, -0.25) is 9.59 Å². The zero-order chi connectivity index (χ0) is 15.8. The summed E-state index contributed by atoms with van der Waals surface area (Å²) in [6.45, 7) is 1.56. The van der Waals surface area contributed by atoms with E-state index in [9.17, 15) is 9.59 Å². The first kappa shape index (κ1) is 15.4. The number of Topliss-reactive ketones (excluding diaryl/α,β-unsaturated/α-hetero) is 1. The minimum Gasteiger partial charge on any atom is -0.350 e. The maximum Gasteiger partial charge on any atom is 0.212 e. The second kappa shape index (κ2) is 7.69. The smallest absolute Gasteiger partial charge is 0.212 e. The second-order valence-electron chi connectivity index (χ2n) is 4.57. The van der Waals surface area contributed by atoms with Crippen LogP contribution in [0.25, 0.3) is 0 Å². The molecule has 4 heteroatoms. The Hall–Kier alpha value is -3.01. The van der Waals surface area contributed by atoms with Crippen LogP contribution in [0.3, 0.4) is 0 Å². The Labute approximate surface area is 128 Å². The maximum atomic E-state index is 11.6. The maximum absolute atomic E-state index is 11.6. The molecule has 3 aromatic rings. The van der Waals surface area contributed by atoms with Crippen molar-refractivity contribution in [1.82, 2.24) is 9.97 Å². The average Bonchev–Trinajstić information content (AvgIpc) is 3.11. The monoisotopic (exact) mass is 292 g/mol. The number of ketones is 2. The molecule has 22 heavy (non-hydrogen) atoms. The van der Waals surface area contributed by atoms with Crippen LogP contribution in [-0.2, 0) is 0 Å². The van der Waals surface area contributed by atoms with Gasteiger partial charge in [0.1, 0.15) is 5.69 Å². The van der Waals surface area contributed by atoms with Gasteiger partial charge in [0.2, 0.25) is 5.78 Å². The highest BCUT2D eigenvalue weighted by atomic mass is 16.1. The van der Waals surface area contributed by atoms with E-state index in [1.54, 1.807) is 25.3 Å². The van der Waals surface area contributed by atoms with E-state index in [-0.39, 0.29) is 11.6 Å². The van der Waals surface area contributed by atoms with E-state index in [1.165, 1.54) is 6.33 Å². The summed E-state index contributed by atoms with van der Waals surface area (Å²) in [5.41, 5.74) is 1.89. The van der Waals surface area contributed by atoms with E-state index in [0.717, 1.165) is 5.56 Å². The number of hydrogen-bond acceptors (Lipinski definition) is 3. The third-order valence-corrected chi connectivity index (χ3v) is 2.95. The van der Waals surface area contributed by atoms with Gasteiger partial charge in [-0.2, -0.15) is 0 Å². The summed E-state index contributed by atoms with van der Waals surface area (Å²) in [6, 6.07) is 18.3. The molecule has 3 rings (SSSR count). The van der Waals surface area contributed by atoms with Crippen molar-refractivity contribution in [1.29, 1.82) is 0 Å². The summed E-state index contributed by atoms with van der Waals surface area (Å²) >= 11 is 0. The van der Waals surface area contributed by atoms with Crippen molar-refractivity contribution in [3.63, 3.8) is 0 Å². The summed E-state index contributed by atoms with van der Waals surface area (Å²) in [5, 5.41) is 0. The Bertz CT molecular complexity index is 720. The predicted octanol–water partition coefficient (Wildman–Crippen LogP) is 3.53. The number of aromatic amines is 1. The van der Waals surface area contributed by atoms with Crippen molar-refractivity contribution in [2.24, 2.45) is 0 Å². The average molecular weight is 292 g/mol. The number of nitrogens with one attached hydrogen (secondary N) is 1. The van der Waals surface area contributed by atoms with Crippen LogP contribution < -0.4 is 0 Å². The summed E-state index contributed by atoms with van der Waals surface area (Å²) in [7, 11) is 0. The number of carbonyl (C=O) groups is 2. The molecule has 2 aromatic carbocycles. The van der Waals surface area contributed by atoms with E-state index in [0.29, 0.717) is 11.3 Å². The topological polar surface area (TPSA) is 62.8 Å². The number of H-pyrrole nitrogens is 1. The molecule has 0 bridgehead atoms. The first-order valence-electron chi connectivity index (χ1n) is 6.83. The molecular formula is C18H16N2O2. The molecule has 0 aliphatic heterocycles. The first-order chi connectivity index (χ1) is 10.7. The van der Waals surface area contributed by atoms with E-state index in [2.05, 4.69) is 9.97 Å². The number of hydrogen-bond donors (Lipinski definition) is 1. The van der Waals surface area contributed by atoms with Crippen molar-refractivity contribution in [2.75, 3.05) is 0 Å². The summed E-state index contributed by atoms with van der Waals surface area (Å²) in [6.07, 6.45) is 3.09. The van der Waals surface area contributed by atoms with E-state index < -0.39 is 0 Å². The molecule has 0 amide bonds. The number of aromatic nitrogens is 2. The van der Waals surface area contributed by atoms with Gasteiger partial charge < -0.3 is 4.98 Å². The molecule has 1 N–H and O–H groups in total. The van der Waals surface area contributed by atoms with Gasteiger partial charge >= 0.3 is 0 Å². The highest BCUT2D eigenvalue weighted by Crippen LogP contribution is 2.05. The van der Waals surface area contributed by atoms with Crippen LogP contribution in [0.4, 0.5) is 0 Å². The summed E-state index contributed by atoms with van der Waals surface area (Å²) in [4.78, 5) is 28.9. The molecule has 0 unspecified atom stereocenters. The van der Waals surface area contributed by atoms with E-state index in [1.807, 2.05) is 48.5 Å². The first-order valence-corrected chi connectivity index (χ1v) is 6.83. The molecule has 1 heterocycles. The third kappa shape index (κ3) is 4.24. The van der Waals surface area contributed by atoms with Crippen molar-refractivity contribution in [2.45, 2.75) is 6.92 Å². The van der Waals surface area contributed by atoms with Gasteiger partial charge in [0.25, 0.3) is 0 Å². The van der Waals surface area contributed by atoms with Gasteiger partial charge in [0.05, 0.1) is 6.33 Å². The third-order valence-electron chi connectivity index (χ3n) is 2.95. The highest BCUT2D eigenvalue weighted by molar-refractivity contribution is 6.07. The highest BCUT2D eigenvalue weighted by Gasteiger charge is 2.08. The number of rotatable bonds is 3. The van der Waals surface area contributed by atoms with Gasteiger partial charge in [0.15, 0.2) is 5.78 Å². The van der Waals surface area contributed by atoms with Gasteiger partial charge in [0, 0.05) is 17.3 Å². The molecule has 0 spiro atoms. The number of benzene rings is 2. The lowest BCUT2D eigenvalue weighted by molar-refractivity contribution is 0.101. The number of carbonyl (C=O) groups excluding carboxylic acids is 2. The van der Waals surface area contributed by atoms with Crippen LogP contribution in [0.5, 0.6) is 0 Å². The quantitative estimate of drug-likeness (QED) is 0.751. The fourth-order valence-corrected chi connectivity index (χ4v) is 1.79. The lowest BCUT2D eigenvalue weighted by Gasteiger charge is -1.94. The van der Waals surface area contributed by atoms with Crippen molar-refractivity contribution in [3.05, 3.63) is 90.0 Å². The van der Waals surface area contributed by atoms with Gasteiger partial charge in [-0.05, 0) is 6.92 Å². The Balaban J connectivity index is 0.000000172. The van der Waals surface area contributed by atoms with Crippen LogP contribution in [0.1, 0.15) is 33.3 Å². The van der Waals surface area contributed by atoms with Crippen LogP contribution in [0.2, 0.25) is 0 Å². The molecule has 1 aromatic heterocycles. The molecule has 0 fully saturated rings. The molecule has 0 aliphatic rings. The summed E-state index contributed by atoms with van der Waals surface area (Å²) < 4.78 is 0. The fraction of sp³-hybridized carbons (Fsp3) is 0.0556. The standard InChI is InChI=1S/C10H8N2O.C8H8O/c13-10(9-6-11-7-12-9)8-4-2-1-3-5-8;1-7(9)8-5-3-2-4-6-8/h1-7H,(H,11,12);2-6H,1H3. The fourth-order valence-electron chi connectivity index (χ4n) is 1.79. The van der Waals surface area contributed by atoms with E-state index in [4.69, 9.17) is 0 Å². The number of nitrogens with zero attached hydrogens (tertiary/aromatic N) is 1. The largest absolute Gasteiger partial charge is 0.350 e. The Morgan fingerprint density at radius 3 is 1.82 bits per heavy atom.